The van der Waals surface area contributed by atoms with Crippen molar-refractivity contribution < 1.29 is 40.2 Å². The molecule has 82 valence electrons. The Hall–Kier alpha value is -0.00260. The fraction of sp³-hybridized carbons (Fsp3) is 1.00. The maximum absolute atomic E-state index is 11.7. The number of hydrogen-bond donors (Lipinski definition) is 1. The average molecular weight is 226 g/mol. The van der Waals surface area contributed by atoms with Gasteiger partial charge in [-0.3, -0.25) is 0 Å². The van der Waals surface area contributed by atoms with Gasteiger partial charge in [-0.15, -0.1) is 0 Å². The second-order valence-electron chi connectivity index (χ2n) is 2.06. The first-order valence-electron chi connectivity index (χ1n) is 2.60. The Kier molecular flexibility index (Phi) is 4.98. The normalized spacial score (nSPS) is 16.1. The van der Waals surface area contributed by atoms with Gasteiger partial charge in [0.2, 0.25) is 6.10 Å². The number of hydrogen-bond acceptors (Lipinski definition) is 1. The molecule has 0 aliphatic carbocycles. The molecule has 14 heavy (non-hydrogen) atoms. The van der Waals surface area contributed by atoms with Crippen molar-refractivity contribution in [3.63, 3.8) is 0 Å². The molecule has 0 aliphatic heterocycles. The molecule has 0 saturated carbocycles. The summed E-state index contributed by atoms with van der Waals surface area (Å²) in [6.45, 7) is 0. The van der Waals surface area contributed by atoms with Gasteiger partial charge in [0.15, 0.2) is 0 Å². The van der Waals surface area contributed by atoms with E-state index in [1.54, 1.807) is 0 Å². The van der Waals surface area contributed by atoms with Crippen molar-refractivity contribution in [1.29, 1.82) is 0 Å². The van der Waals surface area contributed by atoms with E-state index >= 15 is 0 Å². The van der Waals surface area contributed by atoms with E-state index in [-0.39, 0.29) is 18.9 Å². The van der Waals surface area contributed by atoms with E-state index in [4.69, 9.17) is 5.11 Å². The molecule has 0 radical (unpaired) electrons. The predicted molar refractivity (Wildman–Crippen MR) is 30.2 cm³/mol. The first-order chi connectivity index (χ1) is 5.40. The Labute approximate surface area is 84.3 Å². The standard InChI is InChI=1S/C4H2F8O.Li.H/c5-2(6,4(10,11)12)1(13)3(7,8)9;;/h1,13H;;. The first kappa shape index (κ1) is 16.4. The molecule has 1 nitrogen and oxygen atoms in total. The van der Waals surface area contributed by atoms with Crippen molar-refractivity contribution in [3.05, 3.63) is 0 Å². The second-order valence-corrected chi connectivity index (χ2v) is 2.06. The first-order valence-corrected chi connectivity index (χ1v) is 2.60. The van der Waals surface area contributed by atoms with Crippen molar-refractivity contribution >= 4 is 18.9 Å². The van der Waals surface area contributed by atoms with Crippen molar-refractivity contribution in [2.24, 2.45) is 0 Å². The molecule has 0 aromatic heterocycles. The zero-order chi connectivity index (χ0) is 11.1. The molecule has 0 fully saturated rings. The summed E-state index contributed by atoms with van der Waals surface area (Å²) in [4.78, 5) is 0. The van der Waals surface area contributed by atoms with Gasteiger partial charge in [0.25, 0.3) is 0 Å². The van der Waals surface area contributed by atoms with Crippen LogP contribution in [0, 0.1) is 0 Å². The molecule has 1 atom stereocenters. The molecule has 0 rings (SSSR count). The third-order valence-electron chi connectivity index (χ3n) is 1.03. The monoisotopic (exact) mass is 226 g/mol. The molecule has 1 N–H and O–H groups in total. The Morgan fingerprint density at radius 1 is 0.786 bits per heavy atom. The molecule has 0 bridgehead atoms. The number of halogens is 8. The van der Waals surface area contributed by atoms with Gasteiger partial charge in [-0.1, -0.05) is 0 Å². The molecule has 0 saturated heterocycles. The van der Waals surface area contributed by atoms with Crippen LogP contribution in [0.2, 0.25) is 0 Å². The molecule has 0 aromatic carbocycles. The van der Waals surface area contributed by atoms with E-state index in [9.17, 15) is 35.1 Å². The molecule has 0 aliphatic rings. The molecular formula is C4H3F8LiO. The van der Waals surface area contributed by atoms with E-state index in [0.29, 0.717) is 0 Å². The van der Waals surface area contributed by atoms with Crippen LogP contribution in [-0.2, 0) is 0 Å². The van der Waals surface area contributed by atoms with Gasteiger partial charge < -0.3 is 5.11 Å². The van der Waals surface area contributed by atoms with Gasteiger partial charge in [-0.05, 0) is 0 Å². The third-order valence-corrected chi connectivity index (χ3v) is 1.03. The van der Waals surface area contributed by atoms with E-state index < -0.39 is 24.4 Å². The number of aliphatic hydroxyl groups is 1. The summed E-state index contributed by atoms with van der Waals surface area (Å²) < 4.78 is 90.8. The fourth-order valence-corrected chi connectivity index (χ4v) is 0.361. The Morgan fingerprint density at radius 2 is 1.07 bits per heavy atom. The Bertz CT molecular complexity index is 183. The predicted octanol–water partition coefficient (Wildman–Crippen LogP) is 1.46. The second kappa shape index (κ2) is 4.24. The van der Waals surface area contributed by atoms with Crippen LogP contribution >= 0.6 is 0 Å². The quantitative estimate of drug-likeness (QED) is 0.530. The molecule has 10 heteroatoms. The zero-order valence-electron chi connectivity index (χ0n) is 5.55. The molecule has 0 amide bonds. The minimum absolute atomic E-state index is 0. The van der Waals surface area contributed by atoms with Gasteiger partial charge in [-0.25, -0.2) is 0 Å². The molecule has 0 aromatic rings. The van der Waals surface area contributed by atoms with Gasteiger partial charge in [0.1, 0.15) is 0 Å². The van der Waals surface area contributed by atoms with Crippen molar-refractivity contribution in [2.45, 2.75) is 24.4 Å². The van der Waals surface area contributed by atoms with Gasteiger partial charge in [0.05, 0.1) is 0 Å². The van der Waals surface area contributed by atoms with Crippen LogP contribution in [0.1, 0.15) is 0 Å². The third kappa shape index (κ3) is 3.29. The summed E-state index contributed by atoms with van der Waals surface area (Å²) in [6, 6.07) is 0. The molecular weight excluding hydrogens is 223 g/mol. The maximum atomic E-state index is 11.7. The van der Waals surface area contributed by atoms with Gasteiger partial charge in [0, 0.05) is 0 Å². The van der Waals surface area contributed by atoms with Crippen LogP contribution in [0.25, 0.3) is 0 Å². The summed E-state index contributed by atoms with van der Waals surface area (Å²) >= 11 is 0. The summed E-state index contributed by atoms with van der Waals surface area (Å²) in [7, 11) is 0. The van der Waals surface area contributed by atoms with E-state index in [2.05, 4.69) is 0 Å². The Balaban J connectivity index is 0. The SMILES string of the molecule is OC(C(F)(F)F)C(F)(F)C(F)(F)F.[LiH]. The van der Waals surface area contributed by atoms with Crippen LogP contribution in [0.3, 0.4) is 0 Å². The van der Waals surface area contributed by atoms with Crippen LogP contribution in [0.5, 0.6) is 0 Å². The number of alkyl halides is 8. The molecule has 0 heterocycles. The topological polar surface area (TPSA) is 20.2 Å². The van der Waals surface area contributed by atoms with Crippen LogP contribution in [-0.4, -0.2) is 48.3 Å². The minimum atomic E-state index is -6.43. The number of rotatable bonds is 1. The zero-order valence-corrected chi connectivity index (χ0v) is 5.55. The Morgan fingerprint density at radius 3 is 1.14 bits per heavy atom. The van der Waals surface area contributed by atoms with Crippen LogP contribution in [0.15, 0.2) is 0 Å². The fourth-order valence-electron chi connectivity index (χ4n) is 0.361. The van der Waals surface area contributed by atoms with Crippen molar-refractivity contribution in [1.82, 2.24) is 0 Å². The van der Waals surface area contributed by atoms with Crippen LogP contribution < -0.4 is 0 Å². The van der Waals surface area contributed by atoms with Crippen molar-refractivity contribution in [2.75, 3.05) is 0 Å². The van der Waals surface area contributed by atoms with E-state index in [1.165, 1.54) is 0 Å². The summed E-state index contributed by atoms with van der Waals surface area (Å²) in [5.74, 6) is -6.19. The summed E-state index contributed by atoms with van der Waals surface area (Å²) in [5, 5.41) is 7.65. The summed E-state index contributed by atoms with van der Waals surface area (Å²) in [6.07, 6.45) is -17.2. The molecule has 1 unspecified atom stereocenters. The van der Waals surface area contributed by atoms with E-state index in [1.807, 2.05) is 0 Å². The van der Waals surface area contributed by atoms with Crippen LogP contribution in [0.4, 0.5) is 35.1 Å². The number of aliphatic hydroxyl groups excluding tert-OH is 1. The van der Waals surface area contributed by atoms with Gasteiger partial charge >= 0.3 is 37.1 Å². The van der Waals surface area contributed by atoms with Gasteiger partial charge in [-0.2, -0.15) is 35.1 Å². The molecule has 0 spiro atoms. The van der Waals surface area contributed by atoms with E-state index in [0.717, 1.165) is 0 Å². The summed E-state index contributed by atoms with van der Waals surface area (Å²) in [5.41, 5.74) is 0. The average Bonchev–Trinajstić information content (AvgIpc) is 1.81. The van der Waals surface area contributed by atoms with Crippen molar-refractivity contribution in [3.8, 4) is 0 Å².